The second-order valence-electron chi connectivity index (χ2n) is 2.64. The highest BCUT2D eigenvalue weighted by atomic mass is 79.9. The van der Waals surface area contributed by atoms with E-state index in [9.17, 15) is 15.2 Å². The SMILES string of the molecule is CC(O)c1ccc(Br)cc1[N+](=O)[O-]. The zero-order chi connectivity index (χ0) is 10.0. The maximum absolute atomic E-state index is 10.6. The second kappa shape index (κ2) is 3.85. The van der Waals surface area contributed by atoms with Crippen molar-refractivity contribution in [2.45, 2.75) is 13.0 Å². The first-order valence-electron chi connectivity index (χ1n) is 3.64. The molecule has 1 unspecified atom stereocenters. The van der Waals surface area contributed by atoms with Crippen molar-refractivity contribution in [3.05, 3.63) is 38.3 Å². The Labute approximate surface area is 83.5 Å². The zero-order valence-electron chi connectivity index (χ0n) is 6.90. The van der Waals surface area contributed by atoms with E-state index < -0.39 is 11.0 Å². The Hall–Kier alpha value is -0.940. The lowest BCUT2D eigenvalue weighted by Crippen LogP contribution is -1.98. The van der Waals surface area contributed by atoms with Crippen molar-refractivity contribution in [2.75, 3.05) is 0 Å². The summed E-state index contributed by atoms with van der Waals surface area (Å²) in [5, 5.41) is 19.8. The summed E-state index contributed by atoms with van der Waals surface area (Å²) in [7, 11) is 0. The molecule has 0 saturated carbocycles. The number of nitro benzene ring substituents is 1. The molecule has 1 aromatic carbocycles. The summed E-state index contributed by atoms with van der Waals surface area (Å²) in [5.74, 6) is 0. The van der Waals surface area contributed by atoms with Crippen LogP contribution in [0.1, 0.15) is 18.6 Å². The smallest absolute Gasteiger partial charge is 0.276 e. The molecule has 0 fully saturated rings. The monoisotopic (exact) mass is 245 g/mol. The number of aliphatic hydroxyl groups excluding tert-OH is 1. The van der Waals surface area contributed by atoms with E-state index in [4.69, 9.17) is 0 Å². The minimum atomic E-state index is -0.825. The van der Waals surface area contributed by atoms with Crippen LogP contribution in [0.4, 0.5) is 5.69 Å². The van der Waals surface area contributed by atoms with Crippen LogP contribution in [-0.4, -0.2) is 10.0 Å². The van der Waals surface area contributed by atoms with Crippen molar-refractivity contribution in [3.8, 4) is 0 Å². The average Bonchev–Trinajstić information content (AvgIpc) is 2.03. The first kappa shape index (κ1) is 10.1. The van der Waals surface area contributed by atoms with Crippen LogP contribution in [-0.2, 0) is 0 Å². The molecule has 0 radical (unpaired) electrons. The van der Waals surface area contributed by atoms with Gasteiger partial charge in [-0.1, -0.05) is 15.9 Å². The predicted octanol–water partition coefficient (Wildman–Crippen LogP) is 2.41. The lowest BCUT2D eigenvalue weighted by Gasteiger charge is -2.05. The van der Waals surface area contributed by atoms with Crippen LogP contribution in [0.15, 0.2) is 22.7 Å². The molecule has 0 aliphatic heterocycles. The summed E-state index contributed by atoms with van der Waals surface area (Å²) in [5.41, 5.74) is 0.262. The number of hydrogen-bond donors (Lipinski definition) is 1. The number of hydrogen-bond acceptors (Lipinski definition) is 3. The fourth-order valence-electron chi connectivity index (χ4n) is 1.03. The summed E-state index contributed by atoms with van der Waals surface area (Å²) in [4.78, 5) is 10.0. The first-order chi connectivity index (χ1) is 6.02. The molecular formula is C8H8BrNO3. The topological polar surface area (TPSA) is 63.4 Å². The van der Waals surface area contributed by atoms with Crippen molar-refractivity contribution in [2.24, 2.45) is 0 Å². The van der Waals surface area contributed by atoms with E-state index in [0.717, 1.165) is 0 Å². The third-order valence-corrected chi connectivity index (χ3v) is 2.13. The van der Waals surface area contributed by atoms with Gasteiger partial charge in [0, 0.05) is 10.5 Å². The highest BCUT2D eigenvalue weighted by Crippen LogP contribution is 2.27. The van der Waals surface area contributed by atoms with Gasteiger partial charge < -0.3 is 5.11 Å². The van der Waals surface area contributed by atoms with Crippen LogP contribution in [0.2, 0.25) is 0 Å². The lowest BCUT2D eigenvalue weighted by atomic mass is 10.1. The summed E-state index contributed by atoms with van der Waals surface area (Å²) >= 11 is 3.13. The third kappa shape index (κ3) is 2.26. The van der Waals surface area contributed by atoms with Crippen LogP contribution in [0.5, 0.6) is 0 Å². The normalized spacial score (nSPS) is 12.5. The van der Waals surface area contributed by atoms with Crippen molar-refractivity contribution >= 4 is 21.6 Å². The molecule has 0 spiro atoms. The van der Waals surface area contributed by atoms with Gasteiger partial charge in [-0.3, -0.25) is 10.1 Å². The maximum atomic E-state index is 10.6. The molecule has 4 nitrogen and oxygen atoms in total. The second-order valence-corrected chi connectivity index (χ2v) is 3.55. The van der Waals surface area contributed by atoms with Gasteiger partial charge >= 0.3 is 0 Å². The van der Waals surface area contributed by atoms with E-state index in [1.165, 1.54) is 19.1 Å². The number of nitro groups is 1. The van der Waals surface area contributed by atoms with Gasteiger partial charge in [0.1, 0.15) is 0 Å². The highest BCUT2D eigenvalue weighted by molar-refractivity contribution is 9.10. The molecule has 5 heteroatoms. The standard InChI is InChI=1S/C8H8BrNO3/c1-5(11)7-3-2-6(9)4-8(7)10(12)13/h2-5,11H,1H3. The van der Waals surface area contributed by atoms with Gasteiger partial charge in [0.15, 0.2) is 0 Å². The fraction of sp³-hybridized carbons (Fsp3) is 0.250. The Morgan fingerprint density at radius 2 is 2.23 bits per heavy atom. The van der Waals surface area contributed by atoms with Gasteiger partial charge in [-0.15, -0.1) is 0 Å². The third-order valence-electron chi connectivity index (χ3n) is 1.64. The van der Waals surface area contributed by atoms with Gasteiger partial charge in [-0.05, 0) is 19.1 Å². The summed E-state index contributed by atoms with van der Waals surface area (Å²) in [6.45, 7) is 1.50. The predicted molar refractivity (Wildman–Crippen MR) is 51.4 cm³/mol. The number of benzene rings is 1. The quantitative estimate of drug-likeness (QED) is 0.643. The molecule has 0 amide bonds. The Morgan fingerprint density at radius 1 is 1.62 bits per heavy atom. The molecular weight excluding hydrogens is 238 g/mol. The summed E-state index contributed by atoms with van der Waals surface area (Å²) in [6.07, 6.45) is -0.825. The van der Waals surface area contributed by atoms with Crippen LogP contribution in [0.3, 0.4) is 0 Å². The number of rotatable bonds is 2. The van der Waals surface area contributed by atoms with E-state index in [1.807, 2.05) is 0 Å². The Balaban J connectivity index is 3.27. The molecule has 0 aliphatic rings. The molecule has 13 heavy (non-hydrogen) atoms. The Bertz CT molecular complexity index is 338. The molecule has 0 heterocycles. The van der Waals surface area contributed by atoms with Crippen LogP contribution < -0.4 is 0 Å². The van der Waals surface area contributed by atoms with E-state index >= 15 is 0 Å². The Morgan fingerprint density at radius 3 is 2.69 bits per heavy atom. The molecule has 1 N–H and O–H groups in total. The first-order valence-corrected chi connectivity index (χ1v) is 4.43. The van der Waals surface area contributed by atoms with Gasteiger partial charge in [-0.2, -0.15) is 0 Å². The van der Waals surface area contributed by atoms with Crippen molar-refractivity contribution in [1.29, 1.82) is 0 Å². The fourth-order valence-corrected chi connectivity index (χ4v) is 1.38. The van der Waals surface area contributed by atoms with Crippen molar-refractivity contribution in [3.63, 3.8) is 0 Å². The van der Waals surface area contributed by atoms with E-state index in [1.54, 1.807) is 6.07 Å². The molecule has 1 atom stereocenters. The molecule has 1 aromatic rings. The Kier molecular flexibility index (Phi) is 3.00. The summed E-state index contributed by atoms with van der Waals surface area (Å²) < 4.78 is 0.628. The molecule has 70 valence electrons. The number of aliphatic hydroxyl groups is 1. The van der Waals surface area contributed by atoms with E-state index in [-0.39, 0.29) is 5.69 Å². The van der Waals surface area contributed by atoms with Crippen LogP contribution >= 0.6 is 15.9 Å². The molecule has 0 aromatic heterocycles. The minimum Gasteiger partial charge on any atom is -0.388 e. The number of nitrogens with zero attached hydrogens (tertiary/aromatic N) is 1. The van der Waals surface area contributed by atoms with Gasteiger partial charge in [-0.25, -0.2) is 0 Å². The van der Waals surface area contributed by atoms with E-state index in [0.29, 0.717) is 10.0 Å². The van der Waals surface area contributed by atoms with Gasteiger partial charge in [0.05, 0.1) is 16.6 Å². The molecule has 0 saturated heterocycles. The van der Waals surface area contributed by atoms with Crippen LogP contribution in [0.25, 0.3) is 0 Å². The van der Waals surface area contributed by atoms with Crippen LogP contribution in [0, 0.1) is 10.1 Å². The van der Waals surface area contributed by atoms with Gasteiger partial charge in [0.25, 0.3) is 5.69 Å². The average molecular weight is 246 g/mol. The summed E-state index contributed by atoms with van der Waals surface area (Å²) in [6, 6.07) is 4.57. The maximum Gasteiger partial charge on any atom is 0.276 e. The lowest BCUT2D eigenvalue weighted by molar-refractivity contribution is -0.386. The number of halogens is 1. The largest absolute Gasteiger partial charge is 0.388 e. The molecule has 1 rings (SSSR count). The van der Waals surface area contributed by atoms with Crippen molar-refractivity contribution in [1.82, 2.24) is 0 Å². The molecule has 0 aliphatic carbocycles. The molecule has 0 bridgehead atoms. The van der Waals surface area contributed by atoms with Gasteiger partial charge in [0.2, 0.25) is 0 Å². The minimum absolute atomic E-state index is 0.0654. The van der Waals surface area contributed by atoms with E-state index in [2.05, 4.69) is 15.9 Å². The van der Waals surface area contributed by atoms with Crippen molar-refractivity contribution < 1.29 is 10.0 Å². The zero-order valence-corrected chi connectivity index (χ0v) is 8.48. The highest BCUT2D eigenvalue weighted by Gasteiger charge is 2.17.